The van der Waals surface area contributed by atoms with Crippen molar-refractivity contribution < 1.29 is 18.7 Å². The van der Waals surface area contributed by atoms with Crippen molar-refractivity contribution >= 4 is 18.1 Å². The minimum atomic E-state index is -0.791. The third-order valence-electron chi connectivity index (χ3n) is 4.10. The van der Waals surface area contributed by atoms with E-state index in [0.717, 1.165) is 0 Å². The molecule has 130 valence electrons. The molecule has 5 nitrogen and oxygen atoms in total. The van der Waals surface area contributed by atoms with Gasteiger partial charge in [-0.15, -0.1) is 0 Å². The molecular formula is C18H23FN2O3. The molecule has 0 aliphatic carbocycles. The molecule has 0 bridgehead atoms. The van der Waals surface area contributed by atoms with Gasteiger partial charge in [0.2, 0.25) is 11.8 Å². The summed E-state index contributed by atoms with van der Waals surface area (Å²) in [6.45, 7) is 5.94. The van der Waals surface area contributed by atoms with E-state index in [4.69, 9.17) is 14.5 Å². The molecule has 0 spiro atoms. The van der Waals surface area contributed by atoms with E-state index in [-0.39, 0.29) is 17.5 Å². The van der Waals surface area contributed by atoms with E-state index in [1.165, 1.54) is 12.1 Å². The van der Waals surface area contributed by atoms with E-state index < -0.39 is 11.4 Å². The Labute approximate surface area is 141 Å². The fraction of sp³-hybridized carbons (Fsp3) is 0.500. The summed E-state index contributed by atoms with van der Waals surface area (Å²) in [6, 6.07) is 4.32. The zero-order valence-electron chi connectivity index (χ0n) is 14.7. The van der Waals surface area contributed by atoms with Crippen LogP contribution in [0.4, 0.5) is 4.39 Å². The zero-order valence-corrected chi connectivity index (χ0v) is 14.7. The van der Waals surface area contributed by atoms with Gasteiger partial charge in [-0.25, -0.2) is 14.4 Å². The Hall–Kier alpha value is -2.24. The van der Waals surface area contributed by atoms with Crippen molar-refractivity contribution in [2.45, 2.75) is 38.8 Å². The van der Waals surface area contributed by atoms with E-state index in [2.05, 4.69) is 4.99 Å². The molecule has 0 radical (unpaired) electrons. The average molecular weight is 333 g/mol. The first kappa shape index (κ1) is 18.1. The minimum absolute atomic E-state index is 0.0362. The largest absolute Gasteiger partial charge is 0.483 e. The van der Waals surface area contributed by atoms with Gasteiger partial charge in [-0.3, -0.25) is 4.79 Å². The molecular weight excluding hydrogens is 310 g/mol. The van der Waals surface area contributed by atoms with Crippen LogP contribution in [-0.4, -0.2) is 43.9 Å². The highest BCUT2D eigenvalue weighted by molar-refractivity contribution is 5.96. The van der Waals surface area contributed by atoms with Gasteiger partial charge in [0, 0.05) is 6.42 Å². The monoisotopic (exact) mass is 333 g/mol. The van der Waals surface area contributed by atoms with E-state index in [0.29, 0.717) is 30.1 Å². The molecule has 0 aromatic heterocycles. The van der Waals surface area contributed by atoms with Crippen molar-refractivity contribution in [1.82, 2.24) is 0 Å². The molecule has 24 heavy (non-hydrogen) atoms. The number of hydrogen-bond donors (Lipinski definition) is 0. The fourth-order valence-electron chi connectivity index (χ4n) is 2.84. The van der Waals surface area contributed by atoms with E-state index in [1.54, 1.807) is 20.3 Å². The number of hydrogen-bond acceptors (Lipinski definition) is 5. The van der Waals surface area contributed by atoms with Crippen LogP contribution in [0, 0.1) is 11.7 Å². The van der Waals surface area contributed by atoms with Crippen LogP contribution in [0.2, 0.25) is 0 Å². The predicted octanol–water partition coefficient (Wildman–Crippen LogP) is 3.07. The predicted molar refractivity (Wildman–Crippen MR) is 91.4 cm³/mol. The number of rotatable bonds is 4. The van der Waals surface area contributed by atoms with Crippen LogP contribution in [0.5, 0.6) is 0 Å². The lowest BCUT2D eigenvalue weighted by molar-refractivity contribution is 0.112. The molecule has 1 aliphatic heterocycles. The molecule has 1 aliphatic rings. The van der Waals surface area contributed by atoms with Crippen LogP contribution in [-0.2, 0) is 15.9 Å². The second-order valence-electron chi connectivity index (χ2n) is 6.41. The number of nitrogens with zero attached hydrogens (tertiary/aromatic N) is 2. The molecule has 2 rings (SSSR count). The first-order chi connectivity index (χ1) is 11.3. The van der Waals surface area contributed by atoms with Crippen molar-refractivity contribution in [3.05, 3.63) is 35.1 Å². The summed E-state index contributed by atoms with van der Waals surface area (Å²) in [5.74, 6) is 0.691. The number of carbonyl (C=O) groups is 1. The topological polar surface area (TPSA) is 60.2 Å². The molecule has 0 saturated carbocycles. The Bertz CT molecular complexity index is 685. The molecule has 1 heterocycles. The van der Waals surface area contributed by atoms with Gasteiger partial charge < -0.3 is 9.47 Å². The van der Waals surface area contributed by atoms with Crippen LogP contribution in [0.3, 0.4) is 0 Å². The lowest BCUT2D eigenvalue weighted by atomic mass is 9.90. The maximum Gasteiger partial charge on any atom is 0.212 e. The second kappa shape index (κ2) is 7.11. The molecule has 2 atom stereocenters. The lowest BCUT2D eigenvalue weighted by Gasteiger charge is -2.33. The molecule has 0 saturated heterocycles. The number of halogens is 1. The summed E-state index contributed by atoms with van der Waals surface area (Å²) in [4.78, 5) is 20.1. The lowest BCUT2D eigenvalue weighted by Crippen LogP contribution is -2.46. The number of methoxy groups -OCH3 is 2. The standard InChI is InChI=1S/C18H23FN2O3/c1-11(2)15-16(23-4)21-18(3,17(20-15)24-5)9-12-6-7-13(10-22)14(19)8-12/h6-8,10-11,15H,9H2,1-5H3/t15-,18+/m1/s1/i19-1. The maximum absolute atomic E-state index is 13.9. The van der Waals surface area contributed by atoms with Gasteiger partial charge in [-0.1, -0.05) is 19.9 Å². The van der Waals surface area contributed by atoms with Crippen molar-refractivity contribution in [3.8, 4) is 0 Å². The third kappa shape index (κ3) is 3.47. The van der Waals surface area contributed by atoms with Crippen LogP contribution < -0.4 is 0 Å². The molecule has 1 aromatic carbocycles. The molecule has 0 unspecified atom stereocenters. The van der Waals surface area contributed by atoms with Gasteiger partial charge in [-0.05, 0) is 30.5 Å². The van der Waals surface area contributed by atoms with Gasteiger partial charge >= 0.3 is 0 Å². The quantitative estimate of drug-likeness (QED) is 0.796. The summed E-state index contributed by atoms with van der Waals surface area (Å²) in [5, 5.41) is 0. The minimum Gasteiger partial charge on any atom is -0.483 e. The SMILES string of the molecule is COC1=N[C@@](C)(Cc2ccc(C=O)c([18F])c2)C(OC)=N[C@@H]1C(C)C. The normalized spacial score (nSPS) is 23.5. The Morgan fingerprint density at radius 2 is 2.04 bits per heavy atom. The summed E-state index contributed by atoms with van der Waals surface area (Å²) in [6.07, 6.45) is 0.880. The smallest absolute Gasteiger partial charge is 0.212 e. The first-order valence-electron chi connectivity index (χ1n) is 7.84. The number of carbonyl (C=O) groups excluding carboxylic acids is 1. The summed E-state index contributed by atoms with van der Waals surface area (Å²) >= 11 is 0. The van der Waals surface area contributed by atoms with Crippen molar-refractivity contribution in [2.24, 2.45) is 15.9 Å². The van der Waals surface area contributed by atoms with Gasteiger partial charge in [0.25, 0.3) is 0 Å². The van der Waals surface area contributed by atoms with Crippen LogP contribution >= 0.6 is 0 Å². The Balaban J connectivity index is 2.39. The second-order valence-corrected chi connectivity index (χ2v) is 6.41. The van der Waals surface area contributed by atoms with Crippen molar-refractivity contribution in [2.75, 3.05) is 14.2 Å². The van der Waals surface area contributed by atoms with Crippen LogP contribution in [0.15, 0.2) is 28.2 Å². The highest BCUT2D eigenvalue weighted by atomic mass is 18.2. The maximum atomic E-state index is 13.9. The van der Waals surface area contributed by atoms with Gasteiger partial charge in [-0.2, -0.15) is 0 Å². The Kier molecular flexibility index (Phi) is 5.36. The first-order valence-corrected chi connectivity index (χ1v) is 7.84. The van der Waals surface area contributed by atoms with Crippen molar-refractivity contribution in [1.29, 1.82) is 0 Å². The number of benzene rings is 1. The number of ether oxygens (including phenoxy) is 2. The van der Waals surface area contributed by atoms with Crippen LogP contribution in [0.25, 0.3) is 0 Å². The average Bonchev–Trinajstić information content (AvgIpc) is 2.54. The van der Waals surface area contributed by atoms with Crippen molar-refractivity contribution in [3.63, 3.8) is 0 Å². The highest BCUT2D eigenvalue weighted by Gasteiger charge is 2.40. The Morgan fingerprint density at radius 1 is 1.33 bits per heavy atom. The number of aldehydes is 1. The molecule has 6 heteroatoms. The molecule has 0 N–H and O–H groups in total. The molecule has 0 fully saturated rings. The summed E-state index contributed by atoms with van der Waals surface area (Å²) in [5.41, 5.74) is -0.0534. The highest BCUT2D eigenvalue weighted by Crippen LogP contribution is 2.28. The number of aliphatic imine (C=N–C) groups is 2. The fourth-order valence-corrected chi connectivity index (χ4v) is 2.84. The van der Waals surface area contributed by atoms with E-state index in [9.17, 15) is 9.18 Å². The molecule has 0 amide bonds. The Morgan fingerprint density at radius 3 is 2.54 bits per heavy atom. The van der Waals surface area contributed by atoms with E-state index in [1.807, 2.05) is 20.8 Å². The summed E-state index contributed by atoms with van der Waals surface area (Å²) < 4.78 is 24.7. The zero-order chi connectivity index (χ0) is 17.9. The van der Waals surface area contributed by atoms with Gasteiger partial charge in [0.1, 0.15) is 17.4 Å². The summed E-state index contributed by atoms with van der Waals surface area (Å²) in [7, 11) is 3.12. The third-order valence-corrected chi connectivity index (χ3v) is 4.10. The van der Waals surface area contributed by atoms with Gasteiger partial charge in [0.05, 0.1) is 19.8 Å². The van der Waals surface area contributed by atoms with Crippen LogP contribution in [0.1, 0.15) is 36.7 Å². The van der Waals surface area contributed by atoms with E-state index >= 15 is 0 Å². The molecule has 1 aromatic rings. The van der Waals surface area contributed by atoms with Gasteiger partial charge in [0.15, 0.2) is 6.29 Å².